The average molecular weight is 469 g/mol. The second kappa shape index (κ2) is 8.44. The fourth-order valence-corrected chi connectivity index (χ4v) is 4.13. The van der Waals surface area contributed by atoms with Crippen LogP contribution in [0, 0.1) is 30.4 Å². The lowest BCUT2D eigenvalue weighted by Crippen LogP contribution is -2.15. The second-order valence-corrected chi connectivity index (χ2v) is 8.43. The van der Waals surface area contributed by atoms with Crippen LogP contribution in [0.4, 0.5) is 20.3 Å². The minimum Gasteiger partial charge on any atom is -0.382 e. The number of aromatic nitrogens is 2. The first-order valence-electron chi connectivity index (χ1n) is 8.15. The van der Waals surface area contributed by atoms with Crippen LogP contribution in [0.25, 0.3) is 0 Å². The molecule has 0 unspecified atom stereocenters. The van der Waals surface area contributed by atoms with Gasteiger partial charge in [0.05, 0.1) is 28.2 Å². The Balaban J connectivity index is 2.00. The zero-order valence-corrected chi connectivity index (χ0v) is 17.5. The van der Waals surface area contributed by atoms with Crippen molar-refractivity contribution in [2.24, 2.45) is 0 Å². The molecule has 0 saturated heterocycles. The van der Waals surface area contributed by atoms with Crippen LogP contribution in [0.2, 0.25) is 10.0 Å². The lowest BCUT2D eigenvalue weighted by Gasteiger charge is -2.11. The van der Waals surface area contributed by atoms with E-state index in [4.69, 9.17) is 28.9 Å². The zero-order chi connectivity index (χ0) is 22.1. The molecule has 1 aromatic heterocycles. The summed E-state index contributed by atoms with van der Waals surface area (Å²) < 4.78 is 56.2. The summed E-state index contributed by atoms with van der Waals surface area (Å²) in [4.78, 5) is 7.54. The number of nitrogens with one attached hydrogen (secondary N) is 1. The maximum absolute atomic E-state index is 14.8. The van der Waals surface area contributed by atoms with Crippen molar-refractivity contribution >= 4 is 44.7 Å². The van der Waals surface area contributed by atoms with E-state index < -0.39 is 32.9 Å². The quantitative estimate of drug-likeness (QED) is 0.562. The molecule has 0 spiro atoms. The predicted molar refractivity (Wildman–Crippen MR) is 111 cm³/mol. The van der Waals surface area contributed by atoms with Gasteiger partial charge in [0.15, 0.2) is 5.82 Å². The molecule has 0 bridgehead atoms. The molecule has 1 heterocycles. The molecular weight excluding hydrogens is 457 g/mol. The Hall–Kier alpha value is -2.93. The number of halogens is 4. The van der Waals surface area contributed by atoms with Crippen molar-refractivity contribution < 1.29 is 17.2 Å². The molecule has 0 amide bonds. The lowest BCUT2D eigenvalue weighted by atomic mass is 10.1. The molecule has 0 aliphatic rings. The summed E-state index contributed by atoms with van der Waals surface area (Å²) in [6.07, 6.45) is 1.25. The third-order valence-corrected chi connectivity index (χ3v) is 5.90. The fourth-order valence-electron chi connectivity index (χ4n) is 2.31. The van der Waals surface area contributed by atoms with Crippen LogP contribution in [-0.4, -0.2) is 18.4 Å². The molecule has 30 heavy (non-hydrogen) atoms. The molecule has 0 atom stereocenters. The summed E-state index contributed by atoms with van der Waals surface area (Å²) in [5.74, 6) is 2.80. The van der Waals surface area contributed by atoms with E-state index in [1.165, 1.54) is 18.3 Å². The zero-order valence-electron chi connectivity index (χ0n) is 15.2. The number of hydrogen-bond acceptors (Lipinski definition) is 5. The number of hydrogen-bond donors (Lipinski definition) is 2. The Morgan fingerprint density at radius 1 is 1.13 bits per heavy atom. The van der Waals surface area contributed by atoms with Crippen LogP contribution < -0.4 is 10.5 Å². The summed E-state index contributed by atoms with van der Waals surface area (Å²) in [6, 6.07) is 5.60. The third-order valence-electron chi connectivity index (χ3n) is 3.82. The Kier molecular flexibility index (Phi) is 6.12. The number of nitrogens with two attached hydrogens (primary N) is 1. The molecular formula is C19H12Cl2F2N4O2S. The van der Waals surface area contributed by atoms with Gasteiger partial charge in [0.1, 0.15) is 22.2 Å². The van der Waals surface area contributed by atoms with E-state index in [9.17, 15) is 17.2 Å². The minimum atomic E-state index is -4.31. The van der Waals surface area contributed by atoms with Crippen LogP contribution >= 0.6 is 23.2 Å². The van der Waals surface area contributed by atoms with Crippen molar-refractivity contribution in [3.8, 4) is 11.8 Å². The van der Waals surface area contributed by atoms with E-state index in [1.807, 2.05) is 4.72 Å². The van der Waals surface area contributed by atoms with Crippen molar-refractivity contribution in [2.45, 2.75) is 11.8 Å². The van der Waals surface area contributed by atoms with Gasteiger partial charge in [-0.05, 0) is 43.2 Å². The summed E-state index contributed by atoms with van der Waals surface area (Å²) in [7, 11) is -4.31. The number of anilines is 2. The first-order valence-corrected chi connectivity index (χ1v) is 10.4. The van der Waals surface area contributed by atoms with Gasteiger partial charge in [-0.2, -0.15) is 0 Å². The normalized spacial score (nSPS) is 11.0. The van der Waals surface area contributed by atoms with E-state index in [2.05, 4.69) is 21.8 Å². The summed E-state index contributed by atoms with van der Waals surface area (Å²) in [5, 5.41) is -0.00228. The van der Waals surface area contributed by atoms with Gasteiger partial charge in [0.25, 0.3) is 10.0 Å². The van der Waals surface area contributed by atoms with Crippen LogP contribution in [0.3, 0.4) is 0 Å². The van der Waals surface area contributed by atoms with Crippen LogP contribution in [-0.2, 0) is 10.0 Å². The van der Waals surface area contributed by atoms with Gasteiger partial charge in [0, 0.05) is 5.02 Å². The smallest absolute Gasteiger partial charge is 0.263 e. The standard InChI is InChI=1S/C19H12Cl2F2N4O2S/c1-10-19(24)25-9-12(26-10)3-4-13-15(22)6-7-16(18(13)23)27-30(28,29)17-8-11(20)2-5-14(17)21/h2,5-9,27H,1H3,(H2,24,25). The molecule has 3 aromatic rings. The highest BCUT2D eigenvalue weighted by atomic mass is 35.5. The lowest BCUT2D eigenvalue weighted by molar-refractivity contribution is 0.578. The maximum Gasteiger partial charge on any atom is 0.263 e. The molecule has 0 saturated carbocycles. The van der Waals surface area contributed by atoms with Crippen LogP contribution in [0.15, 0.2) is 41.4 Å². The van der Waals surface area contributed by atoms with E-state index in [-0.39, 0.29) is 26.5 Å². The Morgan fingerprint density at radius 3 is 2.57 bits per heavy atom. The van der Waals surface area contributed by atoms with Crippen molar-refractivity contribution in [3.63, 3.8) is 0 Å². The van der Waals surface area contributed by atoms with Crippen molar-refractivity contribution in [1.29, 1.82) is 0 Å². The molecule has 3 rings (SSSR count). The second-order valence-electron chi connectivity index (χ2n) is 5.94. The average Bonchev–Trinajstić information content (AvgIpc) is 2.68. The van der Waals surface area contributed by atoms with Gasteiger partial charge in [0.2, 0.25) is 0 Å². The Morgan fingerprint density at radius 2 is 1.87 bits per heavy atom. The van der Waals surface area contributed by atoms with Gasteiger partial charge < -0.3 is 5.73 Å². The van der Waals surface area contributed by atoms with Crippen molar-refractivity contribution in [2.75, 3.05) is 10.5 Å². The molecule has 3 N–H and O–H groups in total. The van der Waals surface area contributed by atoms with E-state index in [0.717, 1.165) is 18.2 Å². The number of nitrogens with zero attached hydrogens (tertiary/aromatic N) is 2. The summed E-state index contributed by atoms with van der Waals surface area (Å²) in [5.41, 5.74) is 4.94. The number of nitrogen functional groups attached to an aromatic ring is 1. The first-order chi connectivity index (χ1) is 14.1. The molecule has 0 aliphatic carbocycles. The number of benzene rings is 2. The van der Waals surface area contributed by atoms with Crippen molar-refractivity contribution in [1.82, 2.24) is 9.97 Å². The van der Waals surface area contributed by atoms with Gasteiger partial charge in [-0.3, -0.25) is 4.72 Å². The van der Waals surface area contributed by atoms with Gasteiger partial charge >= 0.3 is 0 Å². The van der Waals surface area contributed by atoms with E-state index in [1.54, 1.807) is 6.92 Å². The van der Waals surface area contributed by atoms with E-state index >= 15 is 0 Å². The molecule has 0 aliphatic heterocycles. The van der Waals surface area contributed by atoms with Gasteiger partial charge in [-0.1, -0.05) is 29.1 Å². The summed E-state index contributed by atoms with van der Waals surface area (Å²) >= 11 is 11.7. The molecule has 0 fully saturated rings. The number of aryl methyl sites for hydroxylation is 1. The molecule has 6 nitrogen and oxygen atoms in total. The van der Waals surface area contributed by atoms with Gasteiger partial charge in [-0.25, -0.2) is 27.2 Å². The topological polar surface area (TPSA) is 98.0 Å². The predicted octanol–water partition coefficient (Wildman–Crippen LogP) is 4.15. The monoisotopic (exact) mass is 468 g/mol. The number of rotatable bonds is 3. The fraction of sp³-hybridized carbons (Fsp3) is 0.0526. The van der Waals surface area contributed by atoms with Gasteiger partial charge in [-0.15, -0.1) is 0 Å². The summed E-state index contributed by atoms with van der Waals surface area (Å²) in [6.45, 7) is 1.60. The highest BCUT2D eigenvalue weighted by molar-refractivity contribution is 7.92. The maximum atomic E-state index is 14.8. The highest BCUT2D eigenvalue weighted by Gasteiger charge is 2.22. The number of sulfonamides is 1. The van der Waals surface area contributed by atoms with Crippen molar-refractivity contribution in [3.05, 3.63) is 75.2 Å². The molecule has 2 aromatic carbocycles. The SMILES string of the molecule is Cc1nc(C#Cc2c(F)ccc(NS(=O)(=O)c3cc(Cl)ccc3Cl)c2F)cnc1N. The highest BCUT2D eigenvalue weighted by Crippen LogP contribution is 2.28. The Bertz CT molecular complexity index is 1320. The van der Waals surface area contributed by atoms with Crippen LogP contribution in [0.1, 0.15) is 17.0 Å². The third kappa shape index (κ3) is 4.62. The first kappa shape index (κ1) is 21.8. The molecule has 154 valence electrons. The minimum absolute atomic E-state index is 0.116. The van der Waals surface area contributed by atoms with E-state index in [0.29, 0.717) is 5.69 Å². The Labute approximate surface area is 181 Å². The molecule has 11 heteroatoms. The largest absolute Gasteiger partial charge is 0.382 e. The van der Waals surface area contributed by atoms with Crippen LogP contribution in [0.5, 0.6) is 0 Å². The molecule has 0 radical (unpaired) electrons.